The number of phenolic OH excluding ortho intramolecular Hbond substituents is 1. The third-order valence-electron chi connectivity index (χ3n) is 1.86. The van der Waals surface area contributed by atoms with E-state index in [9.17, 15) is 9.90 Å². The van der Waals surface area contributed by atoms with E-state index in [4.69, 9.17) is 16.7 Å². The number of aromatic hydroxyl groups is 1. The number of nitrogens with one attached hydrogen (secondary N) is 1. The van der Waals surface area contributed by atoms with Crippen molar-refractivity contribution < 1.29 is 15.0 Å². The van der Waals surface area contributed by atoms with Gasteiger partial charge in [-0.15, -0.1) is 0 Å². The van der Waals surface area contributed by atoms with Gasteiger partial charge in [-0.05, 0) is 25.1 Å². The van der Waals surface area contributed by atoms with Gasteiger partial charge in [-0.1, -0.05) is 11.6 Å². The summed E-state index contributed by atoms with van der Waals surface area (Å²) < 4.78 is 0. The number of hydrogen-bond acceptors (Lipinski definition) is 3. The molecule has 5 heteroatoms. The van der Waals surface area contributed by atoms with Crippen molar-refractivity contribution in [2.75, 3.05) is 6.61 Å². The molecule has 0 aliphatic rings. The van der Waals surface area contributed by atoms with E-state index in [1.165, 1.54) is 18.2 Å². The lowest BCUT2D eigenvalue weighted by Crippen LogP contribution is -2.34. The maximum atomic E-state index is 11.5. The van der Waals surface area contributed by atoms with Gasteiger partial charge in [-0.25, -0.2) is 0 Å². The zero-order chi connectivity index (χ0) is 11.4. The van der Waals surface area contributed by atoms with Crippen LogP contribution in [0.1, 0.15) is 17.3 Å². The number of phenols is 1. The predicted molar refractivity (Wildman–Crippen MR) is 57.1 cm³/mol. The van der Waals surface area contributed by atoms with E-state index < -0.39 is 5.91 Å². The number of amides is 1. The van der Waals surface area contributed by atoms with E-state index >= 15 is 0 Å². The zero-order valence-electron chi connectivity index (χ0n) is 8.20. The minimum absolute atomic E-state index is 0.139. The molecule has 4 nitrogen and oxygen atoms in total. The number of rotatable bonds is 3. The Hall–Kier alpha value is -1.26. The molecule has 15 heavy (non-hydrogen) atoms. The van der Waals surface area contributed by atoms with E-state index in [0.29, 0.717) is 5.02 Å². The number of benzene rings is 1. The van der Waals surface area contributed by atoms with Crippen LogP contribution >= 0.6 is 11.6 Å². The lowest BCUT2D eigenvalue weighted by Gasteiger charge is -2.11. The molecule has 1 rings (SSSR count). The number of aliphatic hydroxyl groups is 1. The standard InChI is InChI=1S/C10H12ClNO3/c1-6(5-13)12-10(15)8-3-2-7(11)4-9(8)14/h2-4,6,13-14H,5H2,1H3,(H,12,15). The molecule has 0 saturated carbocycles. The molecule has 0 heterocycles. The molecular weight excluding hydrogens is 218 g/mol. The lowest BCUT2D eigenvalue weighted by atomic mass is 10.2. The number of halogens is 1. The van der Waals surface area contributed by atoms with Gasteiger partial charge in [0.25, 0.3) is 5.91 Å². The fourth-order valence-electron chi connectivity index (χ4n) is 1.04. The highest BCUT2D eigenvalue weighted by Crippen LogP contribution is 2.21. The fraction of sp³-hybridized carbons (Fsp3) is 0.300. The van der Waals surface area contributed by atoms with Gasteiger partial charge < -0.3 is 15.5 Å². The maximum absolute atomic E-state index is 11.5. The van der Waals surface area contributed by atoms with Gasteiger partial charge in [0.2, 0.25) is 0 Å². The quantitative estimate of drug-likeness (QED) is 0.729. The molecule has 0 aliphatic heterocycles. The van der Waals surface area contributed by atoms with Crippen molar-refractivity contribution in [2.45, 2.75) is 13.0 Å². The summed E-state index contributed by atoms with van der Waals surface area (Å²) in [5.74, 6) is -0.615. The first-order valence-corrected chi connectivity index (χ1v) is 4.82. The third kappa shape index (κ3) is 3.11. The van der Waals surface area contributed by atoms with Crippen LogP contribution in [0.4, 0.5) is 0 Å². The van der Waals surface area contributed by atoms with Crippen LogP contribution in [0.3, 0.4) is 0 Å². The van der Waals surface area contributed by atoms with Gasteiger partial charge in [0, 0.05) is 11.1 Å². The molecule has 0 radical (unpaired) electrons. The van der Waals surface area contributed by atoms with E-state index in [0.717, 1.165) is 0 Å². The Labute approximate surface area is 92.5 Å². The van der Waals surface area contributed by atoms with Crippen molar-refractivity contribution in [1.29, 1.82) is 0 Å². The first-order valence-electron chi connectivity index (χ1n) is 4.45. The summed E-state index contributed by atoms with van der Waals surface area (Å²) in [6.07, 6.45) is 0. The lowest BCUT2D eigenvalue weighted by molar-refractivity contribution is 0.0919. The summed E-state index contributed by atoms with van der Waals surface area (Å²) in [6, 6.07) is 3.88. The Morgan fingerprint density at radius 3 is 2.80 bits per heavy atom. The Kier molecular flexibility index (Phi) is 3.94. The summed E-state index contributed by atoms with van der Waals surface area (Å²) in [5, 5.41) is 21.1. The molecule has 0 spiro atoms. The number of carbonyl (C=O) groups excluding carboxylic acids is 1. The summed E-state index contributed by atoms with van der Waals surface area (Å²) in [7, 11) is 0. The summed E-state index contributed by atoms with van der Waals surface area (Å²) in [4.78, 5) is 11.5. The van der Waals surface area contributed by atoms with Crippen molar-refractivity contribution >= 4 is 17.5 Å². The molecule has 1 aromatic rings. The third-order valence-corrected chi connectivity index (χ3v) is 2.09. The molecule has 0 saturated heterocycles. The zero-order valence-corrected chi connectivity index (χ0v) is 8.95. The normalized spacial score (nSPS) is 12.2. The second-order valence-corrected chi connectivity index (χ2v) is 3.65. The summed E-state index contributed by atoms with van der Waals surface area (Å²) in [6.45, 7) is 1.50. The van der Waals surface area contributed by atoms with Crippen LogP contribution in [0.2, 0.25) is 5.02 Å². The molecule has 0 aliphatic carbocycles. The van der Waals surface area contributed by atoms with E-state index in [2.05, 4.69) is 5.32 Å². The van der Waals surface area contributed by atoms with Crippen LogP contribution < -0.4 is 5.32 Å². The van der Waals surface area contributed by atoms with Gasteiger partial charge in [0.15, 0.2) is 0 Å². The van der Waals surface area contributed by atoms with Crippen LogP contribution in [0, 0.1) is 0 Å². The van der Waals surface area contributed by atoms with Crippen LogP contribution in [-0.2, 0) is 0 Å². The molecule has 0 bridgehead atoms. The van der Waals surface area contributed by atoms with E-state index in [1.54, 1.807) is 6.92 Å². The maximum Gasteiger partial charge on any atom is 0.255 e. The average Bonchev–Trinajstić information content (AvgIpc) is 2.17. The average molecular weight is 230 g/mol. The number of aliphatic hydroxyl groups excluding tert-OH is 1. The molecule has 1 unspecified atom stereocenters. The highest BCUT2D eigenvalue weighted by atomic mass is 35.5. The smallest absolute Gasteiger partial charge is 0.255 e. The van der Waals surface area contributed by atoms with Crippen molar-refractivity contribution in [2.24, 2.45) is 0 Å². The second kappa shape index (κ2) is 5.00. The van der Waals surface area contributed by atoms with Gasteiger partial charge in [0.1, 0.15) is 5.75 Å². The highest BCUT2D eigenvalue weighted by molar-refractivity contribution is 6.30. The topological polar surface area (TPSA) is 69.6 Å². The first-order chi connectivity index (χ1) is 7.04. The van der Waals surface area contributed by atoms with Crippen LogP contribution in [0.15, 0.2) is 18.2 Å². The van der Waals surface area contributed by atoms with Gasteiger partial charge >= 0.3 is 0 Å². The molecule has 82 valence electrons. The SMILES string of the molecule is CC(CO)NC(=O)c1ccc(Cl)cc1O. The van der Waals surface area contributed by atoms with Gasteiger partial charge in [0.05, 0.1) is 12.2 Å². The Bertz CT molecular complexity index is 368. The van der Waals surface area contributed by atoms with Crippen molar-refractivity contribution in [3.63, 3.8) is 0 Å². The first kappa shape index (κ1) is 11.8. The minimum atomic E-state index is -0.439. The molecule has 1 amide bonds. The van der Waals surface area contributed by atoms with Crippen LogP contribution in [0.5, 0.6) is 5.75 Å². The van der Waals surface area contributed by atoms with Crippen molar-refractivity contribution in [1.82, 2.24) is 5.32 Å². The summed E-state index contributed by atoms with van der Waals surface area (Å²) in [5.41, 5.74) is 0.139. The molecule has 3 N–H and O–H groups in total. The van der Waals surface area contributed by atoms with Crippen molar-refractivity contribution in [3.05, 3.63) is 28.8 Å². The van der Waals surface area contributed by atoms with Crippen LogP contribution in [0.25, 0.3) is 0 Å². The predicted octanol–water partition coefficient (Wildman–Crippen LogP) is 1.16. The Morgan fingerprint density at radius 2 is 2.27 bits per heavy atom. The molecule has 0 fully saturated rings. The van der Waals surface area contributed by atoms with Crippen molar-refractivity contribution in [3.8, 4) is 5.75 Å². The largest absolute Gasteiger partial charge is 0.507 e. The monoisotopic (exact) mass is 229 g/mol. The molecule has 1 atom stereocenters. The number of carbonyl (C=O) groups is 1. The van der Waals surface area contributed by atoms with Crippen LogP contribution in [-0.4, -0.2) is 28.8 Å². The fourth-order valence-corrected chi connectivity index (χ4v) is 1.21. The van der Waals surface area contributed by atoms with Gasteiger partial charge in [-0.3, -0.25) is 4.79 Å². The molecule has 1 aromatic carbocycles. The van der Waals surface area contributed by atoms with Gasteiger partial charge in [-0.2, -0.15) is 0 Å². The van der Waals surface area contributed by atoms with E-state index in [-0.39, 0.29) is 24.0 Å². The van der Waals surface area contributed by atoms with E-state index in [1.807, 2.05) is 0 Å². The highest BCUT2D eigenvalue weighted by Gasteiger charge is 2.13. The second-order valence-electron chi connectivity index (χ2n) is 3.22. The number of hydrogen-bond donors (Lipinski definition) is 3. The molecule has 0 aromatic heterocycles. The molecular formula is C10H12ClNO3. The Balaban J connectivity index is 2.82. The Morgan fingerprint density at radius 1 is 1.60 bits per heavy atom. The minimum Gasteiger partial charge on any atom is -0.507 e. The summed E-state index contributed by atoms with van der Waals surface area (Å²) >= 11 is 5.62.